The minimum absolute atomic E-state index is 0.478. The minimum Gasteiger partial charge on any atom is -0.353 e. The third-order valence-electron chi connectivity index (χ3n) is 3.65. The molecule has 0 fully saturated rings. The lowest BCUT2D eigenvalue weighted by Gasteiger charge is -2.00. The number of aromatic nitrogens is 3. The maximum Gasteiger partial charge on any atom is 0.212 e. The van der Waals surface area contributed by atoms with Crippen LogP contribution in [0.25, 0.3) is 33.1 Å². The van der Waals surface area contributed by atoms with Gasteiger partial charge in [-0.15, -0.1) is 0 Å². The first-order valence-corrected chi connectivity index (χ1v) is 6.71. The Morgan fingerprint density at radius 1 is 0.905 bits per heavy atom. The van der Waals surface area contributed by atoms with E-state index in [1.54, 1.807) is 12.3 Å². The van der Waals surface area contributed by atoms with E-state index in [1.165, 1.54) is 17.8 Å². The van der Waals surface area contributed by atoms with E-state index in [2.05, 4.69) is 40.1 Å². The number of rotatable bonds is 1. The summed E-state index contributed by atoms with van der Waals surface area (Å²) in [5.41, 5.74) is 5.96. The van der Waals surface area contributed by atoms with E-state index < -0.39 is 5.95 Å². The lowest BCUT2D eigenvalue weighted by Crippen LogP contribution is -1.85. The van der Waals surface area contributed by atoms with Gasteiger partial charge in [0, 0.05) is 34.4 Å². The molecule has 1 aromatic carbocycles. The molecule has 0 aliphatic carbocycles. The van der Waals surface area contributed by atoms with Crippen LogP contribution in [0.3, 0.4) is 0 Å². The second kappa shape index (κ2) is 4.38. The Hall–Kier alpha value is -2.75. The maximum absolute atomic E-state index is 12.9. The van der Waals surface area contributed by atoms with Crippen LogP contribution in [0, 0.1) is 12.9 Å². The van der Waals surface area contributed by atoms with Crippen molar-refractivity contribution in [3.05, 3.63) is 60.3 Å². The lowest BCUT2D eigenvalue weighted by molar-refractivity contribution is 0.584. The normalized spacial score (nSPS) is 11.3. The van der Waals surface area contributed by atoms with Gasteiger partial charge in [-0.05, 0) is 36.8 Å². The molecule has 0 amide bonds. The predicted molar refractivity (Wildman–Crippen MR) is 81.5 cm³/mol. The number of pyridine rings is 2. The molecule has 3 nitrogen and oxygen atoms in total. The zero-order chi connectivity index (χ0) is 14.4. The Labute approximate surface area is 120 Å². The first-order valence-electron chi connectivity index (χ1n) is 6.71. The zero-order valence-corrected chi connectivity index (χ0v) is 11.4. The van der Waals surface area contributed by atoms with Crippen molar-refractivity contribution >= 4 is 21.9 Å². The Kier molecular flexibility index (Phi) is 2.51. The Morgan fingerprint density at radius 2 is 1.76 bits per heavy atom. The first-order chi connectivity index (χ1) is 10.2. The fourth-order valence-corrected chi connectivity index (χ4v) is 2.59. The molecule has 102 valence electrons. The van der Waals surface area contributed by atoms with Gasteiger partial charge >= 0.3 is 0 Å². The zero-order valence-electron chi connectivity index (χ0n) is 11.4. The van der Waals surface area contributed by atoms with Gasteiger partial charge in [-0.2, -0.15) is 4.39 Å². The van der Waals surface area contributed by atoms with Crippen molar-refractivity contribution in [3.8, 4) is 11.1 Å². The summed E-state index contributed by atoms with van der Waals surface area (Å²) in [5.74, 6) is -0.478. The minimum atomic E-state index is -0.478. The van der Waals surface area contributed by atoms with E-state index in [1.807, 2.05) is 6.07 Å². The Bertz CT molecular complexity index is 955. The first kappa shape index (κ1) is 12.0. The fraction of sp³-hybridized carbons (Fsp3) is 0.0588. The van der Waals surface area contributed by atoms with Crippen LogP contribution in [0.1, 0.15) is 5.56 Å². The van der Waals surface area contributed by atoms with Gasteiger partial charge in [0.1, 0.15) is 0 Å². The molecule has 3 aromatic heterocycles. The third-order valence-corrected chi connectivity index (χ3v) is 3.65. The molecular formula is C17H12FN3. The molecule has 0 spiro atoms. The predicted octanol–water partition coefficient (Wildman–Crippen LogP) is 4.23. The number of halogens is 1. The van der Waals surface area contributed by atoms with Crippen molar-refractivity contribution in [3.63, 3.8) is 0 Å². The smallest absolute Gasteiger partial charge is 0.212 e. The summed E-state index contributed by atoms with van der Waals surface area (Å²) in [4.78, 5) is 11.6. The molecule has 0 saturated heterocycles. The number of hydrogen-bond acceptors (Lipinski definition) is 2. The van der Waals surface area contributed by atoms with E-state index in [9.17, 15) is 4.39 Å². The van der Waals surface area contributed by atoms with Crippen LogP contribution in [-0.2, 0) is 0 Å². The highest BCUT2D eigenvalue weighted by atomic mass is 19.1. The summed E-state index contributed by atoms with van der Waals surface area (Å²) >= 11 is 0. The summed E-state index contributed by atoms with van der Waals surface area (Å²) < 4.78 is 12.9. The number of H-pyrrole nitrogens is 1. The maximum atomic E-state index is 12.9. The van der Waals surface area contributed by atoms with Crippen LogP contribution in [-0.4, -0.2) is 15.0 Å². The quantitative estimate of drug-likeness (QED) is 0.529. The molecule has 3 heterocycles. The number of benzene rings is 1. The standard InChI is InChI=1S/C17H12FN3/c1-10-2-4-13-14(6-10)21-15-7-12(9-20-17(13)15)11-3-5-16(18)19-8-11/h2-9,21H,1H3. The van der Waals surface area contributed by atoms with Gasteiger partial charge in [0.2, 0.25) is 5.95 Å². The second-order valence-corrected chi connectivity index (χ2v) is 5.16. The average Bonchev–Trinajstić information content (AvgIpc) is 2.84. The van der Waals surface area contributed by atoms with Crippen LogP contribution in [0.15, 0.2) is 48.8 Å². The van der Waals surface area contributed by atoms with Crippen molar-refractivity contribution in [2.75, 3.05) is 0 Å². The van der Waals surface area contributed by atoms with Crippen molar-refractivity contribution in [1.29, 1.82) is 0 Å². The van der Waals surface area contributed by atoms with Crippen LogP contribution in [0.5, 0.6) is 0 Å². The average molecular weight is 277 g/mol. The molecule has 0 bridgehead atoms. The molecule has 21 heavy (non-hydrogen) atoms. The molecule has 0 unspecified atom stereocenters. The van der Waals surface area contributed by atoms with Crippen LogP contribution >= 0.6 is 0 Å². The molecule has 0 atom stereocenters. The van der Waals surface area contributed by atoms with Crippen LogP contribution in [0.4, 0.5) is 4.39 Å². The van der Waals surface area contributed by atoms with E-state index in [0.717, 1.165) is 33.1 Å². The van der Waals surface area contributed by atoms with Crippen molar-refractivity contribution in [2.24, 2.45) is 0 Å². The number of aromatic amines is 1. The molecule has 4 heteroatoms. The fourth-order valence-electron chi connectivity index (χ4n) is 2.59. The highest BCUT2D eigenvalue weighted by Gasteiger charge is 2.08. The molecule has 4 rings (SSSR count). The number of hydrogen-bond donors (Lipinski definition) is 1. The number of aryl methyl sites for hydroxylation is 1. The van der Waals surface area contributed by atoms with Gasteiger partial charge in [0.25, 0.3) is 0 Å². The van der Waals surface area contributed by atoms with Crippen LogP contribution in [0.2, 0.25) is 0 Å². The van der Waals surface area contributed by atoms with Gasteiger partial charge in [-0.3, -0.25) is 4.98 Å². The molecule has 4 aromatic rings. The van der Waals surface area contributed by atoms with Gasteiger partial charge in [-0.1, -0.05) is 12.1 Å². The van der Waals surface area contributed by atoms with Gasteiger partial charge in [-0.25, -0.2) is 4.98 Å². The summed E-state index contributed by atoms with van der Waals surface area (Å²) in [7, 11) is 0. The number of nitrogens with zero attached hydrogens (tertiary/aromatic N) is 2. The molecule has 0 aliphatic heterocycles. The lowest BCUT2D eigenvalue weighted by atomic mass is 10.1. The van der Waals surface area contributed by atoms with Gasteiger partial charge in [0.15, 0.2) is 0 Å². The summed E-state index contributed by atoms with van der Waals surface area (Å²) in [5, 5.41) is 1.11. The van der Waals surface area contributed by atoms with Crippen molar-refractivity contribution in [1.82, 2.24) is 15.0 Å². The summed E-state index contributed by atoms with van der Waals surface area (Å²) in [6, 6.07) is 11.3. The molecular weight excluding hydrogens is 265 g/mol. The van der Waals surface area contributed by atoms with E-state index in [4.69, 9.17) is 0 Å². The highest BCUT2D eigenvalue weighted by molar-refractivity contribution is 6.05. The monoisotopic (exact) mass is 277 g/mol. The van der Waals surface area contributed by atoms with Gasteiger partial charge < -0.3 is 4.98 Å². The Morgan fingerprint density at radius 3 is 2.57 bits per heavy atom. The summed E-state index contributed by atoms with van der Waals surface area (Å²) in [6.45, 7) is 2.06. The second-order valence-electron chi connectivity index (χ2n) is 5.16. The van der Waals surface area contributed by atoms with Crippen molar-refractivity contribution < 1.29 is 4.39 Å². The largest absolute Gasteiger partial charge is 0.353 e. The Balaban J connectivity index is 1.93. The topological polar surface area (TPSA) is 41.6 Å². The molecule has 0 aliphatic rings. The molecule has 1 N–H and O–H groups in total. The molecule has 0 saturated carbocycles. The summed E-state index contributed by atoms with van der Waals surface area (Å²) in [6.07, 6.45) is 3.31. The SMILES string of the molecule is Cc1ccc2c(c1)[nH]c1cc(-c3ccc(F)nc3)cnc12. The third kappa shape index (κ3) is 1.96. The van der Waals surface area contributed by atoms with Crippen LogP contribution < -0.4 is 0 Å². The van der Waals surface area contributed by atoms with Gasteiger partial charge in [0.05, 0.1) is 11.0 Å². The van der Waals surface area contributed by atoms with E-state index in [-0.39, 0.29) is 0 Å². The number of fused-ring (bicyclic) bond motifs is 3. The number of nitrogens with one attached hydrogen (secondary N) is 1. The molecule has 0 radical (unpaired) electrons. The van der Waals surface area contributed by atoms with E-state index >= 15 is 0 Å². The van der Waals surface area contributed by atoms with E-state index in [0.29, 0.717) is 0 Å². The van der Waals surface area contributed by atoms with Crippen molar-refractivity contribution in [2.45, 2.75) is 6.92 Å². The highest BCUT2D eigenvalue weighted by Crippen LogP contribution is 2.28.